The highest BCUT2D eigenvalue weighted by atomic mass is 16.3. The van der Waals surface area contributed by atoms with Crippen molar-refractivity contribution in [2.24, 2.45) is 11.3 Å². The Labute approximate surface area is 98.8 Å². The van der Waals surface area contributed by atoms with Gasteiger partial charge in [0.05, 0.1) is 6.54 Å². The first kappa shape index (κ1) is 15.4. The average Bonchev–Trinajstić information content (AvgIpc) is 2.14. The summed E-state index contributed by atoms with van der Waals surface area (Å²) in [4.78, 5) is 11.4. The van der Waals surface area contributed by atoms with Crippen LogP contribution in [-0.4, -0.2) is 37.3 Å². The number of carbonyl (C=O) groups is 1. The van der Waals surface area contributed by atoms with Gasteiger partial charge in [-0.3, -0.25) is 4.79 Å². The standard InChI is InChI=1S/C12H26N2O2/c1-10(2)7-14-11(16)8-13-9-12(3,4)5-6-15/h10,13,15H,5-9H2,1-4H3,(H,14,16). The number of rotatable bonds is 8. The number of nitrogens with one attached hydrogen (secondary N) is 2. The summed E-state index contributed by atoms with van der Waals surface area (Å²) in [5, 5.41) is 14.8. The van der Waals surface area contributed by atoms with Crippen molar-refractivity contribution in [3.05, 3.63) is 0 Å². The van der Waals surface area contributed by atoms with Crippen molar-refractivity contribution in [2.45, 2.75) is 34.1 Å². The molecule has 0 aliphatic carbocycles. The Balaban J connectivity index is 3.61. The first-order chi connectivity index (χ1) is 7.37. The Morgan fingerprint density at radius 1 is 1.38 bits per heavy atom. The molecule has 0 aromatic heterocycles. The van der Waals surface area contributed by atoms with Gasteiger partial charge in [-0.2, -0.15) is 0 Å². The van der Waals surface area contributed by atoms with Gasteiger partial charge in [0.15, 0.2) is 0 Å². The zero-order valence-corrected chi connectivity index (χ0v) is 11.0. The van der Waals surface area contributed by atoms with E-state index < -0.39 is 0 Å². The van der Waals surface area contributed by atoms with Crippen LogP contribution in [0.1, 0.15) is 34.1 Å². The number of carbonyl (C=O) groups excluding carboxylic acids is 1. The topological polar surface area (TPSA) is 61.4 Å². The molecule has 0 unspecified atom stereocenters. The highest BCUT2D eigenvalue weighted by Gasteiger charge is 2.16. The van der Waals surface area contributed by atoms with Crippen molar-refractivity contribution in [3.8, 4) is 0 Å². The molecule has 0 heterocycles. The Morgan fingerprint density at radius 2 is 2.00 bits per heavy atom. The molecule has 96 valence electrons. The molecule has 0 bridgehead atoms. The van der Waals surface area contributed by atoms with E-state index in [1.54, 1.807) is 0 Å². The van der Waals surface area contributed by atoms with E-state index in [1.165, 1.54) is 0 Å². The second kappa shape index (κ2) is 7.63. The lowest BCUT2D eigenvalue weighted by molar-refractivity contribution is -0.120. The van der Waals surface area contributed by atoms with Gasteiger partial charge in [0.1, 0.15) is 0 Å². The molecular formula is C12H26N2O2. The molecule has 0 fully saturated rings. The van der Waals surface area contributed by atoms with Gasteiger partial charge in [-0.25, -0.2) is 0 Å². The number of hydrogen-bond donors (Lipinski definition) is 3. The highest BCUT2D eigenvalue weighted by molar-refractivity contribution is 5.77. The third kappa shape index (κ3) is 8.68. The molecule has 1 amide bonds. The van der Waals surface area contributed by atoms with Gasteiger partial charge in [0.2, 0.25) is 5.91 Å². The van der Waals surface area contributed by atoms with Gasteiger partial charge in [0, 0.05) is 19.7 Å². The van der Waals surface area contributed by atoms with Crippen molar-refractivity contribution < 1.29 is 9.90 Å². The predicted molar refractivity (Wildman–Crippen MR) is 66.2 cm³/mol. The Bertz CT molecular complexity index is 203. The molecule has 0 spiro atoms. The molecule has 0 aromatic rings. The lowest BCUT2D eigenvalue weighted by Gasteiger charge is -2.23. The molecule has 0 radical (unpaired) electrons. The number of amides is 1. The molecule has 0 aliphatic heterocycles. The molecule has 4 heteroatoms. The van der Waals surface area contributed by atoms with Gasteiger partial charge in [0.25, 0.3) is 0 Å². The predicted octanol–water partition coefficient (Wildman–Crippen LogP) is 0.757. The molecule has 0 aliphatic rings. The van der Waals surface area contributed by atoms with E-state index in [-0.39, 0.29) is 17.9 Å². The molecule has 4 nitrogen and oxygen atoms in total. The summed E-state index contributed by atoms with van der Waals surface area (Å²) in [7, 11) is 0. The summed E-state index contributed by atoms with van der Waals surface area (Å²) in [6.07, 6.45) is 0.744. The van der Waals surface area contributed by atoms with Crippen LogP contribution in [0, 0.1) is 11.3 Å². The normalized spacial score (nSPS) is 11.9. The lowest BCUT2D eigenvalue weighted by atomic mass is 9.90. The zero-order valence-electron chi connectivity index (χ0n) is 11.0. The van der Waals surface area contributed by atoms with Gasteiger partial charge in [-0.15, -0.1) is 0 Å². The largest absolute Gasteiger partial charge is 0.396 e. The first-order valence-electron chi connectivity index (χ1n) is 5.95. The molecular weight excluding hydrogens is 204 g/mol. The number of aliphatic hydroxyl groups is 1. The van der Waals surface area contributed by atoms with E-state index in [0.717, 1.165) is 19.5 Å². The monoisotopic (exact) mass is 230 g/mol. The fourth-order valence-corrected chi connectivity index (χ4v) is 1.29. The van der Waals surface area contributed by atoms with Crippen molar-refractivity contribution in [2.75, 3.05) is 26.2 Å². The van der Waals surface area contributed by atoms with E-state index in [4.69, 9.17) is 5.11 Å². The summed E-state index contributed by atoms with van der Waals surface area (Å²) in [6, 6.07) is 0. The third-order valence-electron chi connectivity index (χ3n) is 2.39. The zero-order chi connectivity index (χ0) is 12.6. The van der Waals surface area contributed by atoms with Crippen LogP contribution in [0.2, 0.25) is 0 Å². The van der Waals surface area contributed by atoms with Gasteiger partial charge in [-0.1, -0.05) is 27.7 Å². The molecule has 0 saturated carbocycles. The summed E-state index contributed by atoms with van der Waals surface area (Å²) in [5.74, 6) is 0.517. The molecule has 0 atom stereocenters. The van der Waals surface area contributed by atoms with Crippen LogP contribution in [0.5, 0.6) is 0 Å². The SMILES string of the molecule is CC(C)CNC(=O)CNCC(C)(C)CCO. The van der Waals surface area contributed by atoms with E-state index in [0.29, 0.717) is 12.5 Å². The van der Waals surface area contributed by atoms with Gasteiger partial charge in [-0.05, 0) is 17.8 Å². The lowest BCUT2D eigenvalue weighted by Crippen LogP contribution is -2.39. The summed E-state index contributed by atoms with van der Waals surface area (Å²) in [6.45, 7) is 10.3. The van der Waals surface area contributed by atoms with E-state index in [1.807, 2.05) is 0 Å². The fraction of sp³-hybridized carbons (Fsp3) is 0.917. The minimum atomic E-state index is 0.0348. The second-order valence-corrected chi connectivity index (χ2v) is 5.44. The number of hydrogen-bond acceptors (Lipinski definition) is 3. The maximum atomic E-state index is 11.4. The average molecular weight is 230 g/mol. The minimum absolute atomic E-state index is 0.0348. The summed E-state index contributed by atoms with van der Waals surface area (Å²) >= 11 is 0. The molecule has 0 saturated heterocycles. The van der Waals surface area contributed by atoms with Gasteiger partial charge < -0.3 is 15.7 Å². The molecule has 16 heavy (non-hydrogen) atoms. The Kier molecular flexibility index (Phi) is 7.34. The van der Waals surface area contributed by atoms with Crippen molar-refractivity contribution in [1.29, 1.82) is 0 Å². The van der Waals surface area contributed by atoms with Crippen LogP contribution in [0.4, 0.5) is 0 Å². The van der Waals surface area contributed by atoms with Crippen LogP contribution in [0.15, 0.2) is 0 Å². The van der Waals surface area contributed by atoms with Crippen LogP contribution < -0.4 is 10.6 Å². The van der Waals surface area contributed by atoms with Crippen LogP contribution in [0.3, 0.4) is 0 Å². The van der Waals surface area contributed by atoms with E-state index in [9.17, 15) is 4.79 Å². The smallest absolute Gasteiger partial charge is 0.233 e. The fourth-order valence-electron chi connectivity index (χ4n) is 1.29. The number of aliphatic hydroxyl groups excluding tert-OH is 1. The van der Waals surface area contributed by atoms with Crippen molar-refractivity contribution >= 4 is 5.91 Å². The van der Waals surface area contributed by atoms with Crippen LogP contribution in [0.25, 0.3) is 0 Å². The minimum Gasteiger partial charge on any atom is -0.396 e. The quantitative estimate of drug-likeness (QED) is 0.577. The maximum Gasteiger partial charge on any atom is 0.233 e. The van der Waals surface area contributed by atoms with Crippen LogP contribution in [-0.2, 0) is 4.79 Å². The maximum absolute atomic E-state index is 11.4. The van der Waals surface area contributed by atoms with Crippen molar-refractivity contribution in [3.63, 3.8) is 0 Å². The second-order valence-electron chi connectivity index (χ2n) is 5.44. The van der Waals surface area contributed by atoms with Gasteiger partial charge >= 0.3 is 0 Å². The highest BCUT2D eigenvalue weighted by Crippen LogP contribution is 2.17. The third-order valence-corrected chi connectivity index (χ3v) is 2.39. The molecule has 0 aromatic carbocycles. The first-order valence-corrected chi connectivity index (χ1v) is 5.95. The Hall–Kier alpha value is -0.610. The van der Waals surface area contributed by atoms with E-state index in [2.05, 4.69) is 38.3 Å². The van der Waals surface area contributed by atoms with Crippen molar-refractivity contribution in [1.82, 2.24) is 10.6 Å². The Morgan fingerprint density at radius 3 is 2.50 bits per heavy atom. The van der Waals surface area contributed by atoms with E-state index >= 15 is 0 Å². The summed E-state index contributed by atoms with van der Waals surface area (Å²) in [5.41, 5.74) is 0.0348. The van der Waals surface area contributed by atoms with Crippen LogP contribution >= 0.6 is 0 Å². The molecule has 0 rings (SSSR count). The summed E-state index contributed by atoms with van der Waals surface area (Å²) < 4.78 is 0. The molecule has 3 N–H and O–H groups in total.